The maximum absolute atomic E-state index is 13.8. The third kappa shape index (κ3) is 2.62. The average Bonchev–Trinajstić information content (AvgIpc) is 3.35. The minimum atomic E-state index is -0.476. The summed E-state index contributed by atoms with van der Waals surface area (Å²) in [5.41, 5.74) is 9.24. The van der Waals surface area contributed by atoms with Gasteiger partial charge < -0.3 is 4.90 Å². The number of fused-ring (bicyclic) bond motifs is 2. The fraction of sp³-hybridized carbons (Fsp3) is 0.438. The monoisotopic (exact) mass is 341 g/mol. The molecule has 128 valence electrons. The summed E-state index contributed by atoms with van der Waals surface area (Å²) in [5.74, 6) is -0.530. The Kier molecular flexibility index (Phi) is 3.85. The average molecular weight is 341 g/mol. The molecule has 25 heavy (non-hydrogen) atoms. The molecule has 3 heterocycles. The summed E-state index contributed by atoms with van der Waals surface area (Å²) in [5, 5.41) is 11.8. The Morgan fingerprint density at radius 3 is 2.92 bits per heavy atom. The predicted molar refractivity (Wildman–Crippen MR) is 86.4 cm³/mol. The number of hydrogen-bond donors (Lipinski definition) is 0. The summed E-state index contributed by atoms with van der Waals surface area (Å²) < 4.78 is 13.8. The summed E-state index contributed by atoms with van der Waals surface area (Å²) in [6, 6.07) is 4.18. The van der Waals surface area contributed by atoms with E-state index in [0.717, 1.165) is 19.3 Å². The Balaban J connectivity index is 1.68. The molecule has 8 nitrogen and oxygen atoms in total. The Morgan fingerprint density at radius 2 is 2.16 bits per heavy atom. The van der Waals surface area contributed by atoms with Crippen LogP contribution in [-0.4, -0.2) is 44.4 Å². The standard InChI is InChI=1S/C16H16FN7O/c17-11-1-3-15(24-20-5-6-21-24)13(8-11)16(25)23-12-2-4-14(23)10(7-12)9-19-22-18/h1,3,5-6,8,10,12,14H,2,4,7,9H2. The van der Waals surface area contributed by atoms with E-state index in [1.807, 2.05) is 4.90 Å². The third-order valence-electron chi connectivity index (χ3n) is 5.10. The van der Waals surface area contributed by atoms with E-state index in [9.17, 15) is 9.18 Å². The minimum absolute atomic E-state index is 0.0321. The first-order valence-corrected chi connectivity index (χ1v) is 8.19. The van der Waals surface area contributed by atoms with Crippen LogP contribution >= 0.6 is 0 Å². The van der Waals surface area contributed by atoms with Crippen LogP contribution in [0.15, 0.2) is 35.7 Å². The zero-order chi connectivity index (χ0) is 17.4. The zero-order valence-corrected chi connectivity index (χ0v) is 13.4. The van der Waals surface area contributed by atoms with E-state index in [-0.39, 0.29) is 29.5 Å². The second-order valence-corrected chi connectivity index (χ2v) is 6.40. The maximum Gasteiger partial charge on any atom is 0.256 e. The highest BCUT2D eigenvalue weighted by atomic mass is 19.1. The second kappa shape index (κ2) is 6.18. The minimum Gasteiger partial charge on any atom is -0.332 e. The molecule has 4 rings (SSSR count). The predicted octanol–water partition coefficient (Wildman–Crippen LogP) is 2.71. The molecule has 1 aromatic carbocycles. The molecule has 2 aromatic rings. The normalized spacial score (nSPS) is 24.4. The molecule has 0 spiro atoms. The molecule has 1 amide bonds. The molecule has 0 N–H and O–H groups in total. The second-order valence-electron chi connectivity index (χ2n) is 6.40. The van der Waals surface area contributed by atoms with E-state index in [0.29, 0.717) is 12.2 Å². The van der Waals surface area contributed by atoms with E-state index >= 15 is 0 Å². The fourth-order valence-electron chi connectivity index (χ4n) is 4.10. The lowest BCUT2D eigenvalue weighted by atomic mass is 9.89. The Morgan fingerprint density at radius 1 is 1.36 bits per heavy atom. The van der Waals surface area contributed by atoms with Crippen molar-refractivity contribution in [2.75, 3.05) is 6.54 Å². The molecule has 0 aliphatic carbocycles. The molecule has 2 aliphatic heterocycles. The van der Waals surface area contributed by atoms with Crippen LogP contribution < -0.4 is 0 Å². The van der Waals surface area contributed by atoms with Crippen molar-refractivity contribution in [3.63, 3.8) is 0 Å². The summed E-state index contributed by atoms with van der Waals surface area (Å²) in [4.78, 5) is 19.2. The van der Waals surface area contributed by atoms with E-state index in [2.05, 4.69) is 20.2 Å². The van der Waals surface area contributed by atoms with Gasteiger partial charge in [0.15, 0.2) is 0 Å². The van der Waals surface area contributed by atoms with Crippen molar-refractivity contribution in [3.8, 4) is 5.69 Å². The topological polar surface area (TPSA) is 99.8 Å². The lowest BCUT2D eigenvalue weighted by molar-refractivity contribution is 0.0719. The summed E-state index contributed by atoms with van der Waals surface area (Å²) >= 11 is 0. The first-order chi connectivity index (χ1) is 12.2. The molecule has 2 bridgehead atoms. The van der Waals surface area contributed by atoms with Crippen LogP contribution in [-0.2, 0) is 0 Å². The first kappa shape index (κ1) is 15.6. The van der Waals surface area contributed by atoms with Crippen molar-refractivity contribution in [1.29, 1.82) is 0 Å². The number of aromatic nitrogens is 3. The molecule has 3 unspecified atom stereocenters. The van der Waals surface area contributed by atoms with Crippen LogP contribution in [0.5, 0.6) is 0 Å². The lowest BCUT2D eigenvalue weighted by Crippen LogP contribution is -2.37. The summed E-state index contributed by atoms with van der Waals surface area (Å²) in [6.45, 7) is 0.387. The number of azide groups is 1. The van der Waals surface area contributed by atoms with Gasteiger partial charge >= 0.3 is 0 Å². The molecule has 0 saturated carbocycles. The van der Waals surface area contributed by atoms with Crippen LogP contribution in [0, 0.1) is 11.7 Å². The van der Waals surface area contributed by atoms with Crippen molar-refractivity contribution in [2.24, 2.45) is 11.0 Å². The van der Waals surface area contributed by atoms with Crippen molar-refractivity contribution < 1.29 is 9.18 Å². The van der Waals surface area contributed by atoms with Gasteiger partial charge in [0.2, 0.25) is 0 Å². The van der Waals surface area contributed by atoms with Crippen LogP contribution in [0.1, 0.15) is 29.6 Å². The largest absolute Gasteiger partial charge is 0.332 e. The lowest BCUT2D eigenvalue weighted by Gasteiger charge is -2.24. The van der Waals surface area contributed by atoms with Gasteiger partial charge in [-0.15, -0.1) is 0 Å². The Hall–Kier alpha value is -2.93. The number of rotatable bonds is 4. The first-order valence-electron chi connectivity index (χ1n) is 8.19. The van der Waals surface area contributed by atoms with Crippen molar-refractivity contribution in [1.82, 2.24) is 19.9 Å². The van der Waals surface area contributed by atoms with Gasteiger partial charge in [0.1, 0.15) is 5.82 Å². The highest BCUT2D eigenvalue weighted by Crippen LogP contribution is 2.43. The van der Waals surface area contributed by atoms with Gasteiger partial charge in [0.25, 0.3) is 5.91 Å². The Labute approximate surface area is 142 Å². The van der Waals surface area contributed by atoms with Crippen molar-refractivity contribution in [2.45, 2.75) is 31.3 Å². The van der Waals surface area contributed by atoms with Gasteiger partial charge in [-0.3, -0.25) is 4.79 Å². The van der Waals surface area contributed by atoms with Crippen LogP contribution in [0.2, 0.25) is 0 Å². The number of halogens is 1. The molecule has 9 heteroatoms. The number of benzene rings is 1. The van der Waals surface area contributed by atoms with Crippen LogP contribution in [0.25, 0.3) is 16.1 Å². The molecular weight excluding hydrogens is 325 g/mol. The number of hydrogen-bond acceptors (Lipinski definition) is 4. The molecule has 2 saturated heterocycles. The number of carbonyl (C=O) groups is 1. The van der Waals surface area contributed by atoms with Gasteiger partial charge in [-0.1, -0.05) is 5.11 Å². The summed E-state index contributed by atoms with van der Waals surface area (Å²) in [7, 11) is 0. The summed E-state index contributed by atoms with van der Waals surface area (Å²) in [6.07, 6.45) is 5.64. The number of nitrogens with zero attached hydrogens (tertiary/aromatic N) is 7. The van der Waals surface area contributed by atoms with Gasteiger partial charge in [0.05, 0.1) is 23.6 Å². The van der Waals surface area contributed by atoms with Crippen molar-refractivity contribution in [3.05, 3.63) is 52.4 Å². The fourth-order valence-corrected chi connectivity index (χ4v) is 4.10. The molecule has 0 radical (unpaired) electrons. The van der Waals surface area contributed by atoms with Gasteiger partial charge in [0, 0.05) is 23.5 Å². The molecule has 2 aliphatic rings. The molecule has 2 fully saturated rings. The zero-order valence-electron chi connectivity index (χ0n) is 13.4. The Bertz CT molecular complexity index is 846. The van der Waals surface area contributed by atoms with E-state index in [4.69, 9.17) is 5.53 Å². The molecule has 3 atom stereocenters. The van der Waals surface area contributed by atoms with E-state index in [1.165, 1.54) is 35.4 Å². The number of amides is 1. The quantitative estimate of drug-likeness (QED) is 0.485. The highest BCUT2D eigenvalue weighted by Gasteiger charge is 2.48. The highest BCUT2D eigenvalue weighted by molar-refractivity contribution is 5.98. The van der Waals surface area contributed by atoms with E-state index in [1.54, 1.807) is 0 Å². The number of carbonyl (C=O) groups excluding carboxylic acids is 1. The molecule has 1 aromatic heterocycles. The van der Waals surface area contributed by atoms with Gasteiger partial charge in [-0.2, -0.15) is 15.0 Å². The SMILES string of the molecule is [N-]=[N+]=NCC1CC2CCC1N2C(=O)c1cc(F)ccc1-n1nccn1. The van der Waals surface area contributed by atoms with Crippen molar-refractivity contribution >= 4 is 5.91 Å². The van der Waals surface area contributed by atoms with Crippen LogP contribution in [0.4, 0.5) is 4.39 Å². The van der Waals surface area contributed by atoms with Gasteiger partial charge in [-0.05, 0) is 48.9 Å². The maximum atomic E-state index is 13.8. The molecular formula is C16H16FN7O. The smallest absolute Gasteiger partial charge is 0.256 e. The van der Waals surface area contributed by atoms with Gasteiger partial charge in [-0.25, -0.2) is 4.39 Å². The van der Waals surface area contributed by atoms with Crippen LogP contribution in [0.3, 0.4) is 0 Å². The van der Waals surface area contributed by atoms with E-state index < -0.39 is 5.82 Å². The third-order valence-corrected chi connectivity index (χ3v) is 5.10.